The van der Waals surface area contributed by atoms with Gasteiger partial charge in [-0.1, -0.05) is 83.5 Å². The second-order valence-corrected chi connectivity index (χ2v) is 27.0. The van der Waals surface area contributed by atoms with Crippen molar-refractivity contribution in [2.75, 3.05) is 13.2 Å². The summed E-state index contributed by atoms with van der Waals surface area (Å²) in [5, 5.41) is 11.6. The molecular formula is C43H53N5O4Si2Zn. The summed E-state index contributed by atoms with van der Waals surface area (Å²) in [7, 11) is -3.94. The van der Waals surface area contributed by atoms with Crippen LogP contribution >= 0.6 is 0 Å². The molecule has 55 heavy (non-hydrogen) atoms. The molecule has 4 aromatic rings. The SMILES string of the molecule is CC(C)(C)[Si](C)(C)OCCC(CCO[Si](C)(C)C(C)(C)C)c1c2ccc(cc3nc(c(-c4ccc([N+](=O)[O-])cc4)c4nc(cc5ccc1[n-]5)C=C4)C=C3)[n-]2.[Zn+2]. The van der Waals surface area contributed by atoms with Crippen LogP contribution in [0.2, 0.25) is 36.3 Å². The zero-order valence-electron chi connectivity index (χ0n) is 34.1. The molecule has 9 nitrogen and oxygen atoms in total. The molecule has 0 radical (unpaired) electrons. The number of rotatable bonds is 11. The van der Waals surface area contributed by atoms with E-state index in [-0.39, 0.29) is 41.2 Å². The molecule has 0 amide bonds. The number of non-ortho nitro benzene ring substituents is 1. The number of aromatic nitrogens is 4. The van der Waals surface area contributed by atoms with Gasteiger partial charge in [-0.15, -0.1) is 22.1 Å². The summed E-state index contributed by atoms with van der Waals surface area (Å²) in [6.07, 6.45) is 9.51. The van der Waals surface area contributed by atoms with Crippen LogP contribution in [0.5, 0.6) is 0 Å². The minimum Gasteiger partial charge on any atom is -0.658 e. The van der Waals surface area contributed by atoms with Crippen LogP contribution in [0.15, 0.2) is 60.7 Å². The van der Waals surface area contributed by atoms with Gasteiger partial charge < -0.3 is 18.8 Å². The molecule has 12 heteroatoms. The van der Waals surface area contributed by atoms with Gasteiger partial charge in [-0.25, -0.2) is 9.97 Å². The van der Waals surface area contributed by atoms with Crippen LogP contribution in [-0.4, -0.2) is 44.7 Å². The first-order chi connectivity index (χ1) is 25.3. The molecule has 1 aromatic carbocycles. The predicted molar refractivity (Wildman–Crippen MR) is 227 cm³/mol. The fourth-order valence-electron chi connectivity index (χ4n) is 6.22. The first-order valence-electron chi connectivity index (χ1n) is 18.8. The maximum atomic E-state index is 11.4. The third-order valence-electron chi connectivity index (χ3n) is 11.5. The van der Waals surface area contributed by atoms with Crippen LogP contribution < -0.4 is 9.97 Å². The van der Waals surface area contributed by atoms with E-state index < -0.39 is 21.6 Å². The van der Waals surface area contributed by atoms with Crippen molar-refractivity contribution in [2.45, 2.75) is 96.6 Å². The molecule has 3 aromatic heterocycles. The molecule has 5 heterocycles. The van der Waals surface area contributed by atoms with Crippen molar-refractivity contribution >= 4 is 68.7 Å². The van der Waals surface area contributed by atoms with E-state index >= 15 is 0 Å². The number of benzene rings is 1. The predicted octanol–water partition coefficient (Wildman–Crippen LogP) is 11.4. The normalized spacial score (nSPS) is 13.4. The Bertz CT molecular complexity index is 2130. The van der Waals surface area contributed by atoms with Gasteiger partial charge in [-0.2, -0.15) is 0 Å². The topological polar surface area (TPSA) is 116 Å². The maximum absolute atomic E-state index is 11.4. The van der Waals surface area contributed by atoms with E-state index in [1.54, 1.807) is 12.1 Å². The van der Waals surface area contributed by atoms with Crippen molar-refractivity contribution in [1.82, 2.24) is 19.9 Å². The average Bonchev–Trinajstić information content (AvgIpc) is 3.91. The minimum absolute atomic E-state index is 0. The van der Waals surface area contributed by atoms with Gasteiger partial charge in [0.05, 0.1) is 27.7 Å². The summed E-state index contributed by atoms with van der Waals surface area (Å²) in [4.78, 5) is 31.4. The zero-order valence-corrected chi connectivity index (χ0v) is 39.0. The van der Waals surface area contributed by atoms with Gasteiger partial charge in [-0.3, -0.25) is 10.1 Å². The van der Waals surface area contributed by atoms with E-state index in [9.17, 15) is 10.1 Å². The first kappa shape index (κ1) is 42.3. The van der Waals surface area contributed by atoms with Crippen LogP contribution in [0.3, 0.4) is 0 Å². The Morgan fingerprint density at radius 1 is 0.691 bits per heavy atom. The number of nitro benzene ring substituents is 1. The van der Waals surface area contributed by atoms with Crippen molar-refractivity contribution < 1.29 is 33.3 Å². The quantitative estimate of drug-likeness (QED) is 0.0720. The number of nitro groups is 1. The molecule has 0 saturated heterocycles. The van der Waals surface area contributed by atoms with E-state index in [1.807, 2.05) is 48.6 Å². The standard InChI is InChI=1S/C43H53N5O4Si2.Zn/c1-42(2,3)53(7,8)51-25-23-30(24-26-52-54(9,10)43(4,5)6)41-38-21-15-33(46-38)27-31-13-19-36(44-31)40(29-11-17-35(18-12-29)48(49)50)37-20-14-32(45-37)28-34-16-22-39(41)47-34;/h11-22,27-28,30H,23-26H2,1-10H3;/q-2;+2. The molecule has 0 unspecified atom stereocenters. The van der Waals surface area contributed by atoms with E-state index in [4.69, 9.17) is 28.8 Å². The number of fused-ring (bicyclic) bond motifs is 8. The van der Waals surface area contributed by atoms with Gasteiger partial charge in [0, 0.05) is 30.9 Å². The summed E-state index contributed by atoms with van der Waals surface area (Å²) >= 11 is 0. The molecule has 6 rings (SSSR count). The molecule has 2 aliphatic rings. The largest absolute Gasteiger partial charge is 2.00 e. The zero-order chi connectivity index (χ0) is 39.1. The fourth-order valence-corrected chi connectivity index (χ4v) is 8.34. The summed E-state index contributed by atoms with van der Waals surface area (Å²) in [5.41, 5.74) is 9.07. The van der Waals surface area contributed by atoms with Crippen LogP contribution in [0, 0.1) is 10.1 Å². The third kappa shape index (κ3) is 9.60. The number of hydrogen-bond donors (Lipinski definition) is 0. The van der Waals surface area contributed by atoms with E-state index in [1.165, 1.54) is 12.1 Å². The molecule has 8 bridgehead atoms. The summed E-state index contributed by atoms with van der Waals surface area (Å²) in [5.74, 6) is 0.0927. The smallest absolute Gasteiger partial charge is 0.658 e. The van der Waals surface area contributed by atoms with E-state index in [0.29, 0.717) is 13.2 Å². The van der Waals surface area contributed by atoms with Gasteiger partial charge >= 0.3 is 19.5 Å². The second-order valence-electron chi connectivity index (χ2n) is 17.4. The Morgan fingerprint density at radius 3 is 1.53 bits per heavy atom. The van der Waals surface area contributed by atoms with Crippen molar-refractivity contribution in [1.29, 1.82) is 0 Å². The van der Waals surface area contributed by atoms with E-state index in [2.05, 4.69) is 79.9 Å². The van der Waals surface area contributed by atoms with Crippen molar-refractivity contribution in [3.8, 4) is 11.1 Å². The Hall–Kier alpha value is -3.80. The molecule has 0 aliphatic carbocycles. The van der Waals surface area contributed by atoms with Gasteiger partial charge in [-0.05, 0) is 97.0 Å². The van der Waals surface area contributed by atoms with Crippen LogP contribution in [0.25, 0.3) is 57.5 Å². The maximum Gasteiger partial charge on any atom is 2.00 e. The fraction of sp³-hybridized carbons (Fsp3) is 0.395. The van der Waals surface area contributed by atoms with Crippen molar-refractivity contribution in [2.24, 2.45) is 0 Å². The van der Waals surface area contributed by atoms with Crippen LogP contribution in [-0.2, 0) is 28.3 Å². The van der Waals surface area contributed by atoms with Gasteiger partial charge in [0.2, 0.25) is 0 Å². The molecule has 0 N–H and O–H groups in total. The Labute approximate surface area is 340 Å². The summed E-state index contributed by atoms with van der Waals surface area (Å²) in [6.45, 7) is 24.2. The molecule has 0 spiro atoms. The second kappa shape index (κ2) is 16.4. The summed E-state index contributed by atoms with van der Waals surface area (Å²) < 4.78 is 13.5. The Kier molecular flexibility index (Phi) is 12.6. The van der Waals surface area contributed by atoms with Gasteiger partial charge in [0.1, 0.15) is 0 Å². The molecule has 284 valence electrons. The molecule has 0 saturated carbocycles. The van der Waals surface area contributed by atoms with Gasteiger partial charge in [0.25, 0.3) is 5.69 Å². The van der Waals surface area contributed by atoms with Crippen molar-refractivity contribution in [3.63, 3.8) is 0 Å². The molecule has 0 fully saturated rings. The third-order valence-corrected chi connectivity index (χ3v) is 20.6. The Balaban J connectivity index is 0.00000580. The van der Waals surface area contributed by atoms with Crippen LogP contribution in [0.1, 0.15) is 88.6 Å². The summed E-state index contributed by atoms with van der Waals surface area (Å²) in [6, 6.07) is 18.8. The van der Waals surface area contributed by atoms with Crippen LogP contribution in [0.4, 0.5) is 5.69 Å². The molecular weight excluding hydrogens is 772 g/mol. The Morgan fingerprint density at radius 2 is 1.13 bits per heavy atom. The van der Waals surface area contributed by atoms with Gasteiger partial charge in [0.15, 0.2) is 16.6 Å². The number of nitrogens with zero attached hydrogens (tertiary/aromatic N) is 5. The number of hydrogen-bond acceptors (Lipinski definition) is 6. The van der Waals surface area contributed by atoms with Crippen molar-refractivity contribution in [3.05, 3.63) is 99.1 Å². The molecule has 2 aliphatic heterocycles. The van der Waals surface area contributed by atoms with E-state index in [0.717, 1.165) is 74.4 Å². The monoisotopic (exact) mass is 823 g/mol. The average molecular weight is 825 g/mol. The molecule has 0 atom stereocenters. The minimum atomic E-state index is -1.97. The first-order valence-corrected chi connectivity index (χ1v) is 24.7.